The fourth-order valence-electron chi connectivity index (χ4n) is 1.70. The Balaban J connectivity index is 2.35. The Morgan fingerprint density at radius 2 is 2.00 bits per heavy atom. The molecule has 0 atom stereocenters. The minimum atomic E-state index is -0.977. The Bertz CT molecular complexity index is 684. The molecule has 0 radical (unpaired) electrons. The van der Waals surface area contributed by atoms with Crippen LogP contribution in [-0.2, 0) is 0 Å². The molecule has 4 nitrogen and oxygen atoms in total. The van der Waals surface area contributed by atoms with Gasteiger partial charge in [0, 0.05) is 11.8 Å². The highest BCUT2D eigenvalue weighted by atomic mass is 35.5. The molecule has 2 rings (SSSR count). The maximum Gasteiger partial charge on any atom is 0.258 e. The van der Waals surface area contributed by atoms with E-state index in [0.29, 0.717) is 11.8 Å². The van der Waals surface area contributed by atoms with Crippen LogP contribution >= 0.6 is 11.6 Å². The molecule has 1 amide bonds. The van der Waals surface area contributed by atoms with Gasteiger partial charge >= 0.3 is 0 Å². The predicted molar refractivity (Wildman–Crippen MR) is 76.7 cm³/mol. The SMILES string of the molecule is COc1ccc(N)c(C(=O)Nc2c(F)cc(F)cc2Cl)c1. The van der Waals surface area contributed by atoms with Crippen LogP contribution in [0.4, 0.5) is 20.2 Å². The fourth-order valence-corrected chi connectivity index (χ4v) is 1.94. The molecule has 0 fully saturated rings. The lowest BCUT2D eigenvalue weighted by molar-refractivity contribution is 0.102. The maximum absolute atomic E-state index is 13.6. The van der Waals surface area contributed by atoms with Gasteiger partial charge in [-0.1, -0.05) is 11.6 Å². The summed E-state index contributed by atoms with van der Waals surface area (Å²) in [7, 11) is 1.43. The first kappa shape index (κ1) is 15.1. The summed E-state index contributed by atoms with van der Waals surface area (Å²) in [5, 5.41) is 2.02. The zero-order valence-corrected chi connectivity index (χ0v) is 11.7. The Labute approximate surface area is 124 Å². The van der Waals surface area contributed by atoms with Gasteiger partial charge in [-0.3, -0.25) is 4.79 Å². The van der Waals surface area contributed by atoms with Gasteiger partial charge in [-0.25, -0.2) is 8.78 Å². The molecule has 2 aromatic rings. The number of amides is 1. The van der Waals surface area contributed by atoms with Crippen molar-refractivity contribution in [2.45, 2.75) is 0 Å². The van der Waals surface area contributed by atoms with Crippen LogP contribution in [0.3, 0.4) is 0 Å². The van der Waals surface area contributed by atoms with Gasteiger partial charge in [-0.2, -0.15) is 0 Å². The molecule has 0 bridgehead atoms. The number of hydrogen-bond donors (Lipinski definition) is 2. The molecule has 0 saturated carbocycles. The number of halogens is 3. The third kappa shape index (κ3) is 3.22. The standard InChI is InChI=1S/C14H11ClF2N2O2/c1-21-8-2-3-12(18)9(6-8)14(20)19-13-10(15)4-7(16)5-11(13)17/h2-6H,18H2,1H3,(H,19,20). The van der Waals surface area contributed by atoms with Gasteiger partial charge in [0.25, 0.3) is 5.91 Å². The van der Waals surface area contributed by atoms with Crippen LogP contribution < -0.4 is 15.8 Å². The van der Waals surface area contributed by atoms with Crippen molar-refractivity contribution in [3.8, 4) is 5.75 Å². The van der Waals surface area contributed by atoms with Crippen molar-refractivity contribution < 1.29 is 18.3 Å². The largest absolute Gasteiger partial charge is 0.497 e. The average molecular weight is 313 g/mol. The fraction of sp³-hybridized carbons (Fsp3) is 0.0714. The number of benzene rings is 2. The van der Waals surface area contributed by atoms with Crippen molar-refractivity contribution >= 4 is 28.9 Å². The Hall–Kier alpha value is -2.34. The second-order valence-electron chi connectivity index (χ2n) is 4.15. The minimum Gasteiger partial charge on any atom is -0.497 e. The molecule has 0 aliphatic carbocycles. The van der Waals surface area contributed by atoms with E-state index in [2.05, 4.69) is 5.32 Å². The van der Waals surface area contributed by atoms with Crippen LogP contribution in [0.1, 0.15) is 10.4 Å². The number of anilines is 2. The Morgan fingerprint density at radius 3 is 2.62 bits per heavy atom. The topological polar surface area (TPSA) is 64.3 Å². The van der Waals surface area contributed by atoms with Crippen LogP contribution in [0.15, 0.2) is 30.3 Å². The van der Waals surface area contributed by atoms with Gasteiger partial charge in [0.2, 0.25) is 0 Å². The Kier molecular flexibility index (Phi) is 4.28. The highest BCUT2D eigenvalue weighted by Crippen LogP contribution is 2.28. The van der Waals surface area contributed by atoms with Crippen molar-refractivity contribution in [3.63, 3.8) is 0 Å². The number of nitrogens with two attached hydrogens (primary N) is 1. The number of rotatable bonds is 3. The van der Waals surface area contributed by atoms with Gasteiger partial charge in [0.05, 0.1) is 23.4 Å². The van der Waals surface area contributed by atoms with Crippen LogP contribution in [-0.4, -0.2) is 13.0 Å². The predicted octanol–water partition coefficient (Wildman–Crippen LogP) is 3.46. The Morgan fingerprint density at radius 1 is 1.29 bits per heavy atom. The lowest BCUT2D eigenvalue weighted by Crippen LogP contribution is -2.15. The summed E-state index contributed by atoms with van der Waals surface area (Å²) in [5.41, 5.74) is 5.66. The lowest BCUT2D eigenvalue weighted by Gasteiger charge is -2.11. The normalized spacial score (nSPS) is 10.3. The van der Waals surface area contributed by atoms with Crippen LogP contribution in [0.25, 0.3) is 0 Å². The third-order valence-corrected chi connectivity index (χ3v) is 3.05. The lowest BCUT2D eigenvalue weighted by atomic mass is 10.1. The number of hydrogen-bond acceptors (Lipinski definition) is 3. The van der Waals surface area contributed by atoms with Crippen molar-refractivity contribution in [2.24, 2.45) is 0 Å². The van der Waals surface area contributed by atoms with Crippen molar-refractivity contribution in [1.82, 2.24) is 0 Å². The molecule has 21 heavy (non-hydrogen) atoms. The molecule has 0 aliphatic heterocycles. The zero-order valence-electron chi connectivity index (χ0n) is 10.9. The van der Waals surface area contributed by atoms with Gasteiger partial charge in [-0.05, 0) is 24.3 Å². The molecule has 0 aliphatic rings. The molecular weight excluding hydrogens is 302 g/mol. The third-order valence-electron chi connectivity index (χ3n) is 2.75. The first-order chi connectivity index (χ1) is 9.92. The first-order valence-corrected chi connectivity index (χ1v) is 6.19. The number of methoxy groups -OCH3 is 1. The number of nitrogens with one attached hydrogen (secondary N) is 1. The first-order valence-electron chi connectivity index (χ1n) is 5.81. The molecular formula is C14H11ClF2N2O2. The van der Waals surface area contributed by atoms with Gasteiger partial charge in [0.15, 0.2) is 5.82 Å². The highest BCUT2D eigenvalue weighted by molar-refractivity contribution is 6.34. The van der Waals surface area contributed by atoms with E-state index in [4.69, 9.17) is 22.1 Å². The van der Waals surface area contributed by atoms with Crippen LogP contribution in [0.5, 0.6) is 5.75 Å². The zero-order chi connectivity index (χ0) is 15.6. The van der Waals surface area contributed by atoms with E-state index < -0.39 is 17.5 Å². The summed E-state index contributed by atoms with van der Waals surface area (Å²) in [6.45, 7) is 0. The number of carbonyl (C=O) groups is 1. The van der Waals surface area contributed by atoms with E-state index in [1.165, 1.54) is 19.2 Å². The van der Waals surface area contributed by atoms with Crippen LogP contribution in [0.2, 0.25) is 5.02 Å². The molecule has 0 spiro atoms. The summed E-state index contributed by atoms with van der Waals surface area (Å²) >= 11 is 5.71. The molecule has 0 saturated heterocycles. The van der Waals surface area contributed by atoms with Crippen molar-refractivity contribution in [1.29, 1.82) is 0 Å². The second kappa shape index (κ2) is 5.97. The van der Waals surface area contributed by atoms with Crippen molar-refractivity contribution in [3.05, 3.63) is 52.6 Å². The second-order valence-corrected chi connectivity index (χ2v) is 4.56. The van der Waals surface area contributed by atoms with E-state index in [1.54, 1.807) is 6.07 Å². The van der Waals surface area contributed by atoms with E-state index >= 15 is 0 Å². The number of ether oxygens (including phenoxy) is 1. The molecule has 0 unspecified atom stereocenters. The summed E-state index contributed by atoms with van der Waals surface area (Å²) in [5.74, 6) is -2.08. The summed E-state index contributed by atoms with van der Waals surface area (Å²) < 4.78 is 31.6. The van der Waals surface area contributed by atoms with Crippen LogP contribution in [0, 0.1) is 11.6 Å². The average Bonchev–Trinajstić information content (AvgIpc) is 2.43. The smallest absolute Gasteiger partial charge is 0.258 e. The molecule has 3 N–H and O–H groups in total. The molecule has 7 heteroatoms. The molecule has 110 valence electrons. The van der Waals surface area contributed by atoms with Gasteiger partial charge < -0.3 is 15.8 Å². The number of nitrogen functional groups attached to an aromatic ring is 1. The summed E-state index contributed by atoms with van der Waals surface area (Å²) in [4.78, 5) is 12.1. The van der Waals surface area contributed by atoms with E-state index in [-0.39, 0.29) is 22.0 Å². The number of carbonyl (C=O) groups excluding carboxylic acids is 1. The van der Waals surface area contributed by atoms with E-state index in [0.717, 1.165) is 6.07 Å². The van der Waals surface area contributed by atoms with Crippen molar-refractivity contribution in [2.75, 3.05) is 18.2 Å². The molecule has 0 aromatic heterocycles. The molecule has 2 aromatic carbocycles. The molecule has 0 heterocycles. The maximum atomic E-state index is 13.6. The monoisotopic (exact) mass is 312 g/mol. The van der Waals surface area contributed by atoms with E-state index in [9.17, 15) is 13.6 Å². The minimum absolute atomic E-state index is 0.0918. The quantitative estimate of drug-likeness (QED) is 0.853. The van der Waals surface area contributed by atoms with Gasteiger partial charge in [0.1, 0.15) is 11.6 Å². The summed E-state index contributed by atoms with van der Waals surface area (Å²) in [6, 6.07) is 5.99. The van der Waals surface area contributed by atoms with E-state index in [1.807, 2.05) is 0 Å². The highest BCUT2D eigenvalue weighted by Gasteiger charge is 2.16. The van der Waals surface area contributed by atoms with Gasteiger partial charge in [-0.15, -0.1) is 0 Å². The summed E-state index contributed by atoms with van der Waals surface area (Å²) in [6.07, 6.45) is 0.